The molecule has 2 aliphatic rings. The summed E-state index contributed by atoms with van der Waals surface area (Å²) in [6.07, 6.45) is 13.3. The number of nitrogens with one attached hydrogen (secondary N) is 1. The highest BCUT2D eigenvalue weighted by atomic mass is 32.2. The second-order valence-corrected chi connectivity index (χ2v) is 12.9. The third-order valence-corrected chi connectivity index (χ3v) is 8.41. The van der Waals surface area contributed by atoms with Gasteiger partial charge in [0.25, 0.3) is 0 Å². The van der Waals surface area contributed by atoms with Crippen LogP contribution in [0.5, 0.6) is 0 Å². The fourth-order valence-electron chi connectivity index (χ4n) is 5.13. The molecule has 4 aromatic rings. The van der Waals surface area contributed by atoms with E-state index in [1.807, 2.05) is 35.4 Å². The Bertz CT molecular complexity index is 1570. The standard InChI is InChI=1S/C26H32N8O2S/c1-16(2)32-14-23(33-12-19(17(33)3)15-37(4,35)36)21-11-28-25(9-22(21)32)30-24-7-8-27-26(31-24)18-10-29-34(13-18)20-5-6-20/h7-11,13-14,16-17,19-20H,5-6,12,15H2,1-4H3,(H,27,28,30,31)/t17-,19-/m1/s1. The van der Waals surface area contributed by atoms with Crippen LogP contribution in [0, 0.1) is 5.92 Å². The Morgan fingerprint density at radius 2 is 1.95 bits per heavy atom. The predicted octanol–water partition coefficient (Wildman–Crippen LogP) is 4.22. The lowest BCUT2D eigenvalue weighted by Gasteiger charge is -2.47. The van der Waals surface area contributed by atoms with Crippen molar-refractivity contribution in [3.63, 3.8) is 0 Å². The SMILES string of the molecule is CC(C)n1cc(N2C[C@H](CS(C)(=O)=O)[C@H]2C)c2cnc(Nc3ccnc(-c4cnn(C5CC5)c4)n3)cc21. The molecule has 2 fully saturated rings. The zero-order chi connectivity index (χ0) is 25.9. The Morgan fingerprint density at radius 1 is 1.14 bits per heavy atom. The van der Waals surface area contributed by atoms with E-state index in [2.05, 4.69) is 51.8 Å². The van der Waals surface area contributed by atoms with Crippen LogP contribution in [-0.4, -0.2) is 62.3 Å². The fraction of sp³-hybridized carbons (Fsp3) is 0.462. The first-order valence-corrected chi connectivity index (χ1v) is 14.8. The van der Waals surface area contributed by atoms with Crippen LogP contribution in [0.1, 0.15) is 45.7 Å². The first kappa shape index (κ1) is 23.9. The molecule has 6 rings (SSSR count). The van der Waals surface area contributed by atoms with Crippen LogP contribution in [0.25, 0.3) is 22.3 Å². The van der Waals surface area contributed by atoms with Crippen molar-refractivity contribution in [2.24, 2.45) is 5.92 Å². The molecule has 1 N–H and O–H groups in total. The molecule has 0 spiro atoms. The number of aromatic nitrogens is 6. The Hall–Kier alpha value is -3.47. The van der Waals surface area contributed by atoms with E-state index in [0.717, 1.165) is 28.7 Å². The van der Waals surface area contributed by atoms with Gasteiger partial charge in [0.05, 0.1) is 34.8 Å². The van der Waals surface area contributed by atoms with Gasteiger partial charge in [0.1, 0.15) is 21.5 Å². The molecule has 0 aromatic carbocycles. The number of fused-ring (bicyclic) bond motifs is 1. The van der Waals surface area contributed by atoms with E-state index >= 15 is 0 Å². The van der Waals surface area contributed by atoms with Crippen molar-refractivity contribution in [1.82, 2.24) is 29.3 Å². The lowest BCUT2D eigenvalue weighted by atomic mass is 9.91. The van der Waals surface area contributed by atoms with Gasteiger partial charge in [0.2, 0.25) is 0 Å². The summed E-state index contributed by atoms with van der Waals surface area (Å²) in [5.41, 5.74) is 3.06. The molecule has 0 unspecified atom stereocenters. The maximum Gasteiger partial charge on any atom is 0.164 e. The summed E-state index contributed by atoms with van der Waals surface area (Å²) in [7, 11) is -3.00. The summed E-state index contributed by atoms with van der Waals surface area (Å²) < 4.78 is 27.8. The molecule has 37 heavy (non-hydrogen) atoms. The summed E-state index contributed by atoms with van der Waals surface area (Å²) in [6, 6.07) is 4.80. The van der Waals surface area contributed by atoms with Crippen molar-refractivity contribution in [2.45, 2.75) is 51.7 Å². The molecule has 11 heteroatoms. The zero-order valence-electron chi connectivity index (χ0n) is 21.5. The summed E-state index contributed by atoms with van der Waals surface area (Å²) in [6.45, 7) is 7.14. The van der Waals surface area contributed by atoms with Crippen molar-refractivity contribution >= 4 is 38.1 Å². The highest BCUT2D eigenvalue weighted by Crippen LogP contribution is 2.39. The molecule has 1 saturated carbocycles. The van der Waals surface area contributed by atoms with Crippen molar-refractivity contribution in [2.75, 3.05) is 28.8 Å². The predicted molar refractivity (Wildman–Crippen MR) is 145 cm³/mol. The Kier molecular flexibility index (Phi) is 5.70. The summed E-state index contributed by atoms with van der Waals surface area (Å²) in [4.78, 5) is 16.1. The largest absolute Gasteiger partial charge is 0.366 e. The minimum atomic E-state index is -3.00. The number of nitrogens with zero attached hydrogens (tertiary/aromatic N) is 7. The summed E-state index contributed by atoms with van der Waals surface area (Å²) in [5.74, 6) is 2.36. The van der Waals surface area contributed by atoms with E-state index in [9.17, 15) is 8.42 Å². The Morgan fingerprint density at radius 3 is 2.65 bits per heavy atom. The quantitative estimate of drug-likeness (QED) is 0.368. The molecule has 1 aliphatic heterocycles. The molecule has 194 valence electrons. The van der Waals surface area contributed by atoms with Crippen LogP contribution in [-0.2, 0) is 9.84 Å². The molecule has 5 heterocycles. The van der Waals surface area contributed by atoms with Gasteiger partial charge in [-0.1, -0.05) is 0 Å². The molecule has 10 nitrogen and oxygen atoms in total. The number of pyridine rings is 1. The number of anilines is 3. The van der Waals surface area contributed by atoms with Crippen LogP contribution in [0.15, 0.2) is 43.1 Å². The van der Waals surface area contributed by atoms with Crippen LogP contribution in [0.2, 0.25) is 0 Å². The van der Waals surface area contributed by atoms with Crippen molar-refractivity contribution in [3.8, 4) is 11.4 Å². The summed E-state index contributed by atoms with van der Waals surface area (Å²) >= 11 is 0. The van der Waals surface area contributed by atoms with Gasteiger partial charge in [-0.3, -0.25) is 4.68 Å². The van der Waals surface area contributed by atoms with Gasteiger partial charge in [-0.15, -0.1) is 0 Å². The maximum atomic E-state index is 11.8. The lowest BCUT2D eigenvalue weighted by Crippen LogP contribution is -2.57. The number of sulfone groups is 1. The highest BCUT2D eigenvalue weighted by Gasteiger charge is 2.38. The molecule has 2 atom stereocenters. The second kappa shape index (κ2) is 8.83. The minimum Gasteiger partial charge on any atom is -0.366 e. The maximum absolute atomic E-state index is 11.8. The van der Waals surface area contributed by atoms with E-state index in [4.69, 9.17) is 9.97 Å². The van der Waals surface area contributed by atoms with E-state index in [-0.39, 0.29) is 23.8 Å². The van der Waals surface area contributed by atoms with Crippen molar-refractivity contribution < 1.29 is 8.42 Å². The third kappa shape index (κ3) is 4.68. The molecular weight excluding hydrogens is 488 g/mol. The average Bonchev–Trinajstić information content (AvgIpc) is 3.46. The highest BCUT2D eigenvalue weighted by molar-refractivity contribution is 7.90. The molecule has 1 saturated heterocycles. The van der Waals surface area contributed by atoms with Gasteiger partial charge in [-0.25, -0.2) is 23.4 Å². The normalized spacial score (nSPS) is 20.0. The Labute approximate surface area is 216 Å². The molecule has 0 bridgehead atoms. The van der Waals surface area contributed by atoms with Gasteiger partial charge in [-0.2, -0.15) is 5.10 Å². The van der Waals surface area contributed by atoms with Crippen LogP contribution < -0.4 is 10.2 Å². The lowest BCUT2D eigenvalue weighted by molar-refractivity contribution is 0.341. The molecular formula is C26H32N8O2S. The number of hydrogen-bond acceptors (Lipinski definition) is 8. The van der Waals surface area contributed by atoms with E-state index < -0.39 is 9.84 Å². The minimum absolute atomic E-state index is 0.143. The van der Waals surface area contributed by atoms with Gasteiger partial charge in [0.15, 0.2) is 5.82 Å². The van der Waals surface area contributed by atoms with Gasteiger partial charge < -0.3 is 14.8 Å². The van der Waals surface area contributed by atoms with Crippen LogP contribution in [0.3, 0.4) is 0 Å². The van der Waals surface area contributed by atoms with Crippen molar-refractivity contribution in [1.29, 1.82) is 0 Å². The third-order valence-electron chi connectivity index (χ3n) is 7.38. The first-order valence-electron chi connectivity index (χ1n) is 12.8. The summed E-state index contributed by atoms with van der Waals surface area (Å²) in [5, 5.41) is 8.85. The van der Waals surface area contributed by atoms with Crippen LogP contribution in [0.4, 0.5) is 17.3 Å². The second-order valence-electron chi connectivity index (χ2n) is 10.7. The molecule has 0 amide bonds. The monoisotopic (exact) mass is 520 g/mol. The smallest absolute Gasteiger partial charge is 0.164 e. The van der Waals surface area contributed by atoms with E-state index in [0.29, 0.717) is 23.5 Å². The molecule has 4 aromatic heterocycles. The fourth-order valence-corrected chi connectivity index (χ4v) is 6.29. The number of hydrogen-bond donors (Lipinski definition) is 1. The molecule has 0 radical (unpaired) electrons. The van der Waals surface area contributed by atoms with Crippen LogP contribution >= 0.6 is 0 Å². The van der Waals surface area contributed by atoms with Gasteiger partial charge in [-0.05, 0) is 39.7 Å². The van der Waals surface area contributed by atoms with Crippen molar-refractivity contribution in [3.05, 3.63) is 43.1 Å². The molecule has 1 aliphatic carbocycles. The Balaban J connectivity index is 1.26. The van der Waals surface area contributed by atoms with Gasteiger partial charge in [0, 0.05) is 67.0 Å². The zero-order valence-corrected chi connectivity index (χ0v) is 22.4. The number of rotatable bonds is 8. The van der Waals surface area contributed by atoms with Gasteiger partial charge >= 0.3 is 0 Å². The van der Waals surface area contributed by atoms with E-state index in [1.54, 1.807) is 6.20 Å². The first-order chi connectivity index (χ1) is 17.7. The topological polar surface area (TPSA) is 111 Å². The van der Waals surface area contributed by atoms with E-state index in [1.165, 1.54) is 19.1 Å². The average molecular weight is 521 g/mol.